The monoisotopic (exact) mass is 416 g/mol. The van der Waals surface area contributed by atoms with Gasteiger partial charge in [0, 0.05) is 26.2 Å². The molecule has 0 radical (unpaired) electrons. The Labute approximate surface area is 170 Å². The van der Waals surface area contributed by atoms with Gasteiger partial charge in [0.25, 0.3) is 0 Å². The zero-order chi connectivity index (χ0) is 20.6. The molecule has 0 aliphatic carbocycles. The molecule has 154 valence electrons. The van der Waals surface area contributed by atoms with Crippen LogP contribution in [0, 0.1) is 0 Å². The number of hydrogen-bond donors (Lipinski definition) is 0. The van der Waals surface area contributed by atoms with E-state index in [0.29, 0.717) is 18.0 Å². The Kier molecular flexibility index (Phi) is 5.23. The van der Waals surface area contributed by atoms with E-state index >= 15 is 0 Å². The van der Waals surface area contributed by atoms with E-state index in [9.17, 15) is 13.2 Å². The van der Waals surface area contributed by atoms with E-state index in [1.54, 1.807) is 36.2 Å². The first-order valence-corrected chi connectivity index (χ1v) is 11.1. The van der Waals surface area contributed by atoms with Crippen LogP contribution in [-0.2, 0) is 21.2 Å². The number of hydrogen-bond acceptors (Lipinski definition) is 5. The van der Waals surface area contributed by atoms with Crippen LogP contribution >= 0.6 is 0 Å². The van der Waals surface area contributed by atoms with Crippen molar-refractivity contribution in [2.45, 2.75) is 30.8 Å². The fraction of sp³-hybridized carbons (Fsp3) is 0.381. The lowest BCUT2D eigenvalue weighted by atomic mass is 10.0. The van der Waals surface area contributed by atoms with Crippen LogP contribution in [0.3, 0.4) is 0 Å². The second-order valence-corrected chi connectivity index (χ2v) is 9.39. The van der Waals surface area contributed by atoms with Crippen LogP contribution in [-0.4, -0.2) is 51.5 Å². The Morgan fingerprint density at radius 1 is 1.21 bits per heavy atom. The van der Waals surface area contributed by atoms with Gasteiger partial charge in [0.1, 0.15) is 12.7 Å². The van der Waals surface area contributed by atoms with Crippen LogP contribution in [0.4, 0.5) is 5.69 Å². The van der Waals surface area contributed by atoms with Gasteiger partial charge in [-0.3, -0.25) is 4.79 Å². The van der Waals surface area contributed by atoms with Gasteiger partial charge >= 0.3 is 0 Å². The molecular formula is C21H24N2O5S. The van der Waals surface area contributed by atoms with Crippen molar-refractivity contribution in [3.63, 3.8) is 0 Å². The molecule has 0 unspecified atom stereocenters. The van der Waals surface area contributed by atoms with Gasteiger partial charge in [-0.2, -0.15) is 4.31 Å². The summed E-state index contributed by atoms with van der Waals surface area (Å²) in [6.45, 7) is 2.65. The number of anilines is 1. The first-order chi connectivity index (χ1) is 13.9. The van der Waals surface area contributed by atoms with Gasteiger partial charge in [0.05, 0.1) is 11.4 Å². The highest BCUT2D eigenvalue weighted by Crippen LogP contribution is 2.32. The number of carbonyl (C=O) groups is 1. The molecule has 2 aliphatic heterocycles. The largest absolute Gasteiger partial charge is 0.486 e. The zero-order valence-corrected chi connectivity index (χ0v) is 17.3. The van der Waals surface area contributed by atoms with Crippen LogP contribution in [0.1, 0.15) is 18.9 Å². The third-order valence-corrected chi connectivity index (χ3v) is 7.11. The van der Waals surface area contributed by atoms with E-state index in [-0.39, 0.29) is 24.0 Å². The molecule has 1 amide bonds. The maximum absolute atomic E-state index is 13.1. The molecule has 2 aliphatic rings. The molecule has 2 aromatic carbocycles. The lowest BCUT2D eigenvalue weighted by Crippen LogP contribution is -2.41. The van der Waals surface area contributed by atoms with Gasteiger partial charge in [-0.25, -0.2) is 8.42 Å². The standard InChI is InChI=1S/C21H24N2O5S/c1-15(24)23-11-5-6-16-12-18(9-10-19(16)23)29(25,26)22(2)13-17-14-27-20-7-3-4-8-21(20)28-17/h3-4,7-10,12,17H,5-6,11,13-14H2,1-2H3/t17-/m1/s1. The predicted octanol–water partition coefficient (Wildman–Crippen LogP) is 2.45. The third kappa shape index (κ3) is 3.82. The fourth-order valence-corrected chi connectivity index (χ4v) is 5.03. The molecule has 0 aromatic heterocycles. The number of rotatable bonds is 4. The summed E-state index contributed by atoms with van der Waals surface area (Å²) in [5, 5.41) is 0. The van der Waals surface area contributed by atoms with E-state index in [4.69, 9.17) is 9.47 Å². The van der Waals surface area contributed by atoms with E-state index in [1.165, 1.54) is 11.2 Å². The lowest BCUT2D eigenvalue weighted by Gasteiger charge is -2.30. The number of aryl methyl sites for hydroxylation is 1. The molecule has 0 fully saturated rings. The number of carbonyl (C=O) groups excluding carboxylic acids is 1. The normalized spacial score (nSPS) is 18.4. The molecule has 29 heavy (non-hydrogen) atoms. The highest BCUT2D eigenvalue weighted by atomic mass is 32.2. The number of likely N-dealkylation sites (N-methyl/N-ethyl adjacent to an activating group) is 1. The second kappa shape index (κ2) is 7.68. The molecule has 0 bridgehead atoms. The Hall–Kier alpha value is -2.58. The number of benzene rings is 2. The van der Waals surface area contributed by atoms with Gasteiger partial charge < -0.3 is 14.4 Å². The fourth-order valence-electron chi connectivity index (χ4n) is 3.78. The molecule has 4 rings (SSSR count). The van der Waals surface area contributed by atoms with Crippen molar-refractivity contribution >= 4 is 21.6 Å². The van der Waals surface area contributed by atoms with Crippen molar-refractivity contribution in [3.8, 4) is 11.5 Å². The van der Waals surface area contributed by atoms with Crippen LogP contribution < -0.4 is 14.4 Å². The first kappa shape index (κ1) is 19.7. The van der Waals surface area contributed by atoms with Crippen molar-refractivity contribution in [2.75, 3.05) is 31.6 Å². The Bertz CT molecular complexity index is 1040. The molecule has 0 saturated heterocycles. The van der Waals surface area contributed by atoms with Crippen molar-refractivity contribution in [3.05, 3.63) is 48.0 Å². The average molecular weight is 416 g/mol. The van der Waals surface area contributed by atoms with Crippen molar-refractivity contribution in [1.29, 1.82) is 0 Å². The summed E-state index contributed by atoms with van der Waals surface area (Å²) in [7, 11) is -2.15. The smallest absolute Gasteiger partial charge is 0.242 e. The number of para-hydroxylation sites is 2. The highest BCUT2D eigenvalue weighted by Gasteiger charge is 2.29. The molecule has 0 N–H and O–H groups in total. The molecule has 1 atom stereocenters. The van der Waals surface area contributed by atoms with Gasteiger partial charge in [-0.1, -0.05) is 12.1 Å². The first-order valence-electron chi connectivity index (χ1n) is 9.62. The summed E-state index contributed by atoms with van der Waals surface area (Å²) >= 11 is 0. The maximum atomic E-state index is 13.1. The van der Waals surface area contributed by atoms with Gasteiger partial charge in [0.2, 0.25) is 15.9 Å². The van der Waals surface area contributed by atoms with E-state index < -0.39 is 16.1 Å². The molecule has 8 heteroatoms. The molecule has 0 spiro atoms. The quantitative estimate of drug-likeness (QED) is 0.765. The van der Waals surface area contributed by atoms with Gasteiger partial charge in [-0.15, -0.1) is 0 Å². The minimum Gasteiger partial charge on any atom is -0.486 e. The number of amides is 1. The maximum Gasteiger partial charge on any atom is 0.242 e. The Balaban J connectivity index is 1.52. The van der Waals surface area contributed by atoms with E-state index in [2.05, 4.69) is 0 Å². The molecule has 0 saturated carbocycles. The average Bonchev–Trinajstić information content (AvgIpc) is 2.72. The summed E-state index contributed by atoms with van der Waals surface area (Å²) in [6, 6.07) is 12.3. The Morgan fingerprint density at radius 2 is 1.97 bits per heavy atom. The summed E-state index contributed by atoms with van der Waals surface area (Å²) < 4.78 is 39.1. The molecule has 2 aromatic rings. The second-order valence-electron chi connectivity index (χ2n) is 7.35. The zero-order valence-electron chi connectivity index (χ0n) is 16.5. The van der Waals surface area contributed by atoms with Crippen LogP contribution in [0.15, 0.2) is 47.4 Å². The summed E-state index contributed by atoms with van der Waals surface area (Å²) in [5.41, 5.74) is 1.68. The van der Waals surface area contributed by atoms with Gasteiger partial charge in [0.15, 0.2) is 11.5 Å². The SMILES string of the molecule is CC(=O)N1CCCc2cc(S(=O)(=O)N(C)C[C@@H]3COc4ccccc4O3)ccc21. The molecular weight excluding hydrogens is 392 g/mol. The van der Waals surface area contributed by atoms with Crippen LogP contribution in [0.5, 0.6) is 11.5 Å². The van der Waals surface area contributed by atoms with Crippen LogP contribution in [0.2, 0.25) is 0 Å². The van der Waals surface area contributed by atoms with E-state index in [0.717, 1.165) is 24.1 Å². The topological polar surface area (TPSA) is 76.2 Å². The Morgan fingerprint density at radius 3 is 2.72 bits per heavy atom. The van der Waals surface area contributed by atoms with Crippen molar-refractivity contribution in [2.24, 2.45) is 0 Å². The number of nitrogens with zero attached hydrogens (tertiary/aromatic N) is 2. The summed E-state index contributed by atoms with van der Waals surface area (Å²) in [4.78, 5) is 13.8. The van der Waals surface area contributed by atoms with Gasteiger partial charge in [-0.05, 0) is 48.7 Å². The number of fused-ring (bicyclic) bond motifs is 2. The highest BCUT2D eigenvalue weighted by molar-refractivity contribution is 7.89. The summed E-state index contributed by atoms with van der Waals surface area (Å²) in [6.07, 6.45) is 1.18. The lowest BCUT2D eigenvalue weighted by molar-refractivity contribution is -0.116. The predicted molar refractivity (Wildman–Crippen MR) is 109 cm³/mol. The van der Waals surface area contributed by atoms with Crippen LogP contribution in [0.25, 0.3) is 0 Å². The number of sulfonamides is 1. The number of ether oxygens (including phenoxy) is 2. The third-order valence-electron chi connectivity index (χ3n) is 5.29. The van der Waals surface area contributed by atoms with Crippen molar-refractivity contribution in [1.82, 2.24) is 4.31 Å². The minimum absolute atomic E-state index is 0.0339. The van der Waals surface area contributed by atoms with E-state index in [1.807, 2.05) is 18.2 Å². The minimum atomic E-state index is -3.69. The summed E-state index contributed by atoms with van der Waals surface area (Å²) in [5.74, 6) is 1.25. The molecule has 2 heterocycles. The van der Waals surface area contributed by atoms with Crippen molar-refractivity contribution < 1.29 is 22.7 Å². The molecule has 7 nitrogen and oxygen atoms in total.